The van der Waals surface area contributed by atoms with E-state index in [0.717, 1.165) is 13.0 Å². The minimum absolute atomic E-state index is 0. The number of hydrogen-bond acceptors (Lipinski definition) is 4. The summed E-state index contributed by atoms with van der Waals surface area (Å²) in [6.45, 7) is 1.28. The third kappa shape index (κ3) is 5.22. The summed E-state index contributed by atoms with van der Waals surface area (Å²) in [5, 5.41) is 0.513. The first-order valence-corrected chi connectivity index (χ1v) is 9.04. The molecule has 2 aromatic carbocycles. The highest BCUT2D eigenvalue weighted by Gasteiger charge is 2.21. The fourth-order valence-electron chi connectivity index (χ4n) is 2.58. The normalized spacial score (nSPS) is 10.9. The second-order valence-corrected chi connectivity index (χ2v) is 7.24. The topological polar surface area (TPSA) is 36.4 Å². The molecule has 4 nitrogen and oxygen atoms in total. The van der Waals surface area contributed by atoms with Crippen LogP contribution in [0.1, 0.15) is 16.8 Å². The quantitative estimate of drug-likeness (QED) is 0.595. The van der Waals surface area contributed by atoms with Crippen molar-refractivity contribution in [2.24, 2.45) is 0 Å². The number of nitrogens with zero attached hydrogens (tertiary/aromatic N) is 3. The van der Waals surface area contributed by atoms with Crippen LogP contribution in [0.4, 0.5) is 13.9 Å². The Hall–Kier alpha value is -2.09. The molecule has 27 heavy (non-hydrogen) atoms. The van der Waals surface area contributed by atoms with E-state index in [1.165, 1.54) is 47.7 Å². The first kappa shape index (κ1) is 21.2. The second-order valence-electron chi connectivity index (χ2n) is 6.23. The number of rotatable bonds is 6. The lowest BCUT2D eigenvalue weighted by molar-refractivity contribution is 0.0986. The molecule has 0 bridgehead atoms. The number of aromatic nitrogens is 1. The summed E-state index contributed by atoms with van der Waals surface area (Å²) in [4.78, 5) is 21.1. The summed E-state index contributed by atoms with van der Waals surface area (Å²) in [5.41, 5.74) is 1.04. The van der Waals surface area contributed by atoms with Crippen LogP contribution in [0.3, 0.4) is 0 Å². The zero-order chi connectivity index (χ0) is 18.7. The van der Waals surface area contributed by atoms with Crippen LogP contribution in [0.25, 0.3) is 10.2 Å². The summed E-state index contributed by atoms with van der Waals surface area (Å²) in [6.07, 6.45) is 0.754. The van der Waals surface area contributed by atoms with Crippen LogP contribution in [-0.2, 0) is 0 Å². The van der Waals surface area contributed by atoms with Gasteiger partial charge in [0.1, 0.15) is 11.6 Å². The van der Waals surface area contributed by atoms with Gasteiger partial charge in [-0.3, -0.25) is 9.69 Å². The summed E-state index contributed by atoms with van der Waals surface area (Å²) >= 11 is 1.27. The molecule has 0 saturated carbocycles. The molecule has 0 N–H and O–H groups in total. The Morgan fingerprint density at radius 3 is 2.37 bits per heavy atom. The lowest BCUT2D eigenvalue weighted by Gasteiger charge is -2.21. The van der Waals surface area contributed by atoms with E-state index in [1.807, 2.05) is 19.0 Å². The molecule has 1 amide bonds. The molecule has 3 rings (SSSR count). The van der Waals surface area contributed by atoms with Crippen molar-refractivity contribution < 1.29 is 13.6 Å². The molecular formula is C19H20ClF2N3OS. The van der Waals surface area contributed by atoms with E-state index in [4.69, 9.17) is 0 Å². The molecule has 0 spiro atoms. The number of anilines is 1. The predicted molar refractivity (Wildman–Crippen MR) is 108 cm³/mol. The number of amides is 1. The van der Waals surface area contributed by atoms with E-state index < -0.39 is 5.82 Å². The lowest BCUT2D eigenvalue weighted by atomic mass is 10.2. The van der Waals surface area contributed by atoms with Crippen LogP contribution >= 0.6 is 23.7 Å². The van der Waals surface area contributed by atoms with Crippen LogP contribution in [0, 0.1) is 11.6 Å². The number of benzene rings is 2. The van der Waals surface area contributed by atoms with Crippen molar-refractivity contribution in [3.63, 3.8) is 0 Å². The van der Waals surface area contributed by atoms with E-state index in [2.05, 4.69) is 4.98 Å². The van der Waals surface area contributed by atoms with Gasteiger partial charge in [0, 0.05) is 12.1 Å². The van der Waals surface area contributed by atoms with Gasteiger partial charge >= 0.3 is 0 Å². The van der Waals surface area contributed by atoms with Crippen LogP contribution < -0.4 is 4.90 Å². The smallest absolute Gasteiger partial charge is 0.260 e. The second kappa shape index (κ2) is 9.21. The maximum atomic E-state index is 13.5. The first-order chi connectivity index (χ1) is 12.4. The maximum absolute atomic E-state index is 13.5. The highest BCUT2D eigenvalue weighted by molar-refractivity contribution is 7.22. The largest absolute Gasteiger partial charge is 0.309 e. The van der Waals surface area contributed by atoms with E-state index in [1.54, 1.807) is 11.0 Å². The van der Waals surface area contributed by atoms with Crippen molar-refractivity contribution in [1.82, 2.24) is 9.88 Å². The third-order valence-electron chi connectivity index (χ3n) is 3.89. The monoisotopic (exact) mass is 411 g/mol. The Morgan fingerprint density at radius 2 is 1.70 bits per heavy atom. The van der Waals surface area contributed by atoms with Crippen molar-refractivity contribution in [1.29, 1.82) is 0 Å². The van der Waals surface area contributed by atoms with Crippen molar-refractivity contribution in [3.05, 3.63) is 59.7 Å². The van der Waals surface area contributed by atoms with E-state index in [9.17, 15) is 13.6 Å². The van der Waals surface area contributed by atoms with Gasteiger partial charge in [-0.1, -0.05) is 11.3 Å². The Balaban J connectivity index is 0.00000261. The first-order valence-electron chi connectivity index (χ1n) is 8.22. The number of hydrogen-bond donors (Lipinski definition) is 0. The fourth-order valence-corrected chi connectivity index (χ4v) is 3.59. The van der Waals surface area contributed by atoms with Crippen molar-refractivity contribution in [2.45, 2.75) is 6.42 Å². The van der Waals surface area contributed by atoms with Gasteiger partial charge in [0.15, 0.2) is 5.13 Å². The molecule has 8 heteroatoms. The SMILES string of the molecule is CN(C)CCCN(C(=O)c1ccc(F)cc1)c1nc2ccc(F)cc2s1.Cl. The van der Waals surface area contributed by atoms with Gasteiger partial charge in [0.05, 0.1) is 10.2 Å². The molecule has 144 valence electrons. The number of thiazole rings is 1. The molecule has 0 unspecified atom stereocenters. The molecule has 0 aliphatic carbocycles. The van der Waals surface area contributed by atoms with Gasteiger partial charge in [0.25, 0.3) is 5.91 Å². The number of halogens is 3. The van der Waals surface area contributed by atoms with Gasteiger partial charge in [-0.15, -0.1) is 12.4 Å². The molecule has 0 fully saturated rings. The van der Waals surface area contributed by atoms with Crippen molar-refractivity contribution in [3.8, 4) is 0 Å². The van der Waals surface area contributed by atoms with Crippen molar-refractivity contribution >= 4 is 45.0 Å². The zero-order valence-corrected chi connectivity index (χ0v) is 16.6. The molecule has 0 aliphatic heterocycles. The van der Waals surface area contributed by atoms with Crippen LogP contribution in [-0.4, -0.2) is 43.0 Å². The van der Waals surface area contributed by atoms with E-state index in [0.29, 0.717) is 27.5 Å². The lowest BCUT2D eigenvalue weighted by Crippen LogP contribution is -2.33. The van der Waals surface area contributed by atoms with Crippen LogP contribution in [0.15, 0.2) is 42.5 Å². The van der Waals surface area contributed by atoms with Gasteiger partial charge < -0.3 is 4.90 Å². The van der Waals surface area contributed by atoms with Crippen molar-refractivity contribution in [2.75, 3.05) is 32.1 Å². The van der Waals surface area contributed by atoms with Crippen LogP contribution in [0.5, 0.6) is 0 Å². The standard InChI is InChI=1S/C19H19F2N3OS.ClH/c1-23(2)10-3-11-24(18(25)13-4-6-14(20)7-5-13)19-22-16-9-8-15(21)12-17(16)26-19;/h4-9,12H,3,10-11H2,1-2H3;1H. The highest BCUT2D eigenvalue weighted by atomic mass is 35.5. The van der Waals surface area contributed by atoms with E-state index in [-0.39, 0.29) is 24.1 Å². The summed E-state index contributed by atoms with van der Waals surface area (Å²) < 4.78 is 27.3. The van der Waals surface area contributed by atoms with E-state index >= 15 is 0 Å². The maximum Gasteiger partial charge on any atom is 0.260 e. The predicted octanol–water partition coefficient (Wildman–Crippen LogP) is 4.59. The van der Waals surface area contributed by atoms with Gasteiger partial charge in [0.2, 0.25) is 0 Å². The zero-order valence-electron chi connectivity index (χ0n) is 15.0. The fraction of sp³-hybridized carbons (Fsp3) is 0.263. The molecular weight excluding hydrogens is 392 g/mol. The third-order valence-corrected chi connectivity index (χ3v) is 4.93. The van der Waals surface area contributed by atoms with Gasteiger partial charge in [-0.25, -0.2) is 13.8 Å². The average molecular weight is 412 g/mol. The molecule has 0 atom stereocenters. The summed E-state index contributed by atoms with van der Waals surface area (Å²) in [7, 11) is 3.93. The number of fused-ring (bicyclic) bond motifs is 1. The summed E-state index contributed by atoms with van der Waals surface area (Å²) in [6, 6.07) is 9.82. The average Bonchev–Trinajstić information content (AvgIpc) is 3.01. The summed E-state index contributed by atoms with van der Waals surface area (Å²) in [5.74, 6) is -0.976. The molecule has 3 aromatic rings. The highest BCUT2D eigenvalue weighted by Crippen LogP contribution is 2.30. The minimum atomic E-state index is -0.392. The van der Waals surface area contributed by atoms with Gasteiger partial charge in [-0.05, 0) is 69.5 Å². The van der Waals surface area contributed by atoms with Gasteiger partial charge in [-0.2, -0.15) is 0 Å². The molecule has 1 aromatic heterocycles. The molecule has 0 saturated heterocycles. The Morgan fingerprint density at radius 1 is 1.04 bits per heavy atom. The Labute approximate surface area is 166 Å². The van der Waals surface area contributed by atoms with Crippen LogP contribution in [0.2, 0.25) is 0 Å². The Bertz CT molecular complexity index is 915. The number of carbonyl (C=O) groups excluding carboxylic acids is 1. The minimum Gasteiger partial charge on any atom is -0.309 e. The number of carbonyl (C=O) groups is 1. The molecule has 0 aliphatic rings. The molecule has 1 heterocycles. The Kier molecular flexibility index (Phi) is 7.24. The molecule has 0 radical (unpaired) electrons.